The third kappa shape index (κ3) is 3.01. The largest absolute Gasteiger partial charge is 0.489 e. The monoisotopic (exact) mass is 308 g/mol. The highest BCUT2D eigenvalue weighted by atomic mass is 16.4. The summed E-state index contributed by atoms with van der Waals surface area (Å²) in [5.74, 6) is 0.680. The average molecular weight is 308 g/mol. The van der Waals surface area contributed by atoms with E-state index in [1.54, 1.807) is 24.3 Å². The predicted octanol–water partition coefficient (Wildman–Crippen LogP) is 1.13. The third-order valence-electron chi connectivity index (χ3n) is 3.67. The second kappa shape index (κ2) is 6.32. The fraction of sp³-hybridized carbons (Fsp3) is 0.188. The molecule has 0 radical (unpaired) electrons. The number of rotatable bonds is 4. The molecular weight excluding hydrogens is 291 g/mol. The Morgan fingerprint density at radius 2 is 1.70 bits per heavy atom. The van der Waals surface area contributed by atoms with E-state index in [4.69, 9.17) is 0 Å². The molecule has 23 heavy (non-hydrogen) atoms. The molecule has 1 heterocycles. The Bertz CT molecular complexity index is 751. The zero-order chi connectivity index (χ0) is 16.4. The lowest BCUT2D eigenvalue weighted by atomic mass is 9.77. The summed E-state index contributed by atoms with van der Waals surface area (Å²) in [6, 6.07) is 14.8. The number of benzene rings is 2. The summed E-state index contributed by atoms with van der Waals surface area (Å²) in [6.45, 7) is 4.21. The van der Waals surface area contributed by atoms with Crippen molar-refractivity contribution in [1.29, 1.82) is 0 Å². The molecule has 0 amide bonds. The SMILES string of the molecule is CC(C)c1ccccc1-n1nnc(-c2ccccc2B(O)O)n1. The minimum atomic E-state index is -1.58. The summed E-state index contributed by atoms with van der Waals surface area (Å²) in [6.07, 6.45) is 0. The molecule has 116 valence electrons. The summed E-state index contributed by atoms with van der Waals surface area (Å²) in [4.78, 5) is 1.48. The summed E-state index contributed by atoms with van der Waals surface area (Å²) in [5.41, 5.74) is 2.88. The van der Waals surface area contributed by atoms with Gasteiger partial charge < -0.3 is 10.0 Å². The van der Waals surface area contributed by atoms with Crippen molar-refractivity contribution in [3.8, 4) is 17.1 Å². The van der Waals surface area contributed by atoms with Gasteiger partial charge in [0.05, 0.1) is 5.69 Å². The Balaban J connectivity index is 2.06. The Hall–Kier alpha value is -2.51. The third-order valence-corrected chi connectivity index (χ3v) is 3.67. The maximum Gasteiger partial charge on any atom is 0.489 e. The molecule has 7 heteroatoms. The second-order valence-electron chi connectivity index (χ2n) is 5.58. The van der Waals surface area contributed by atoms with E-state index in [1.165, 1.54) is 4.80 Å². The van der Waals surface area contributed by atoms with E-state index >= 15 is 0 Å². The quantitative estimate of drug-likeness (QED) is 0.706. The van der Waals surface area contributed by atoms with E-state index in [2.05, 4.69) is 29.3 Å². The van der Waals surface area contributed by atoms with Crippen molar-refractivity contribution in [3.63, 3.8) is 0 Å². The molecular formula is C16H17BN4O2. The van der Waals surface area contributed by atoms with Crippen LogP contribution in [0.4, 0.5) is 0 Å². The highest BCUT2D eigenvalue weighted by Crippen LogP contribution is 2.22. The first kappa shape index (κ1) is 15.4. The highest BCUT2D eigenvalue weighted by molar-refractivity contribution is 6.60. The molecule has 0 fully saturated rings. The van der Waals surface area contributed by atoms with Gasteiger partial charge in [0.15, 0.2) is 0 Å². The fourth-order valence-corrected chi connectivity index (χ4v) is 2.51. The standard InChI is InChI=1S/C16H17BN4O2/c1-11(2)12-7-4-6-10-15(12)21-19-16(18-20-21)13-8-3-5-9-14(13)17(22)23/h3-11,22-23H,1-2H3. The molecule has 0 saturated carbocycles. The number of hydrogen-bond donors (Lipinski definition) is 2. The smallest absolute Gasteiger partial charge is 0.423 e. The van der Waals surface area contributed by atoms with Crippen molar-refractivity contribution in [2.24, 2.45) is 0 Å². The Kier molecular flexibility index (Phi) is 4.23. The van der Waals surface area contributed by atoms with E-state index in [0.29, 0.717) is 22.8 Å². The molecule has 3 aromatic rings. The van der Waals surface area contributed by atoms with E-state index in [0.717, 1.165) is 11.3 Å². The molecule has 0 aliphatic heterocycles. The molecule has 0 aliphatic rings. The van der Waals surface area contributed by atoms with Crippen LogP contribution < -0.4 is 5.46 Å². The Labute approximate surface area is 134 Å². The van der Waals surface area contributed by atoms with Crippen molar-refractivity contribution in [3.05, 3.63) is 54.1 Å². The molecule has 2 aromatic carbocycles. The van der Waals surface area contributed by atoms with E-state index < -0.39 is 7.12 Å². The van der Waals surface area contributed by atoms with Crippen LogP contribution in [0.2, 0.25) is 0 Å². The van der Waals surface area contributed by atoms with Crippen LogP contribution in [-0.2, 0) is 0 Å². The van der Waals surface area contributed by atoms with Gasteiger partial charge in [-0.25, -0.2) is 0 Å². The number of tetrazole rings is 1. The van der Waals surface area contributed by atoms with Crippen LogP contribution in [0.15, 0.2) is 48.5 Å². The highest BCUT2D eigenvalue weighted by Gasteiger charge is 2.20. The molecule has 3 rings (SSSR count). The van der Waals surface area contributed by atoms with E-state index in [9.17, 15) is 10.0 Å². The molecule has 0 unspecified atom stereocenters. The molecule has 2 N–H and O–H groups in total. The van der Waals surface area contributed by atoms with Gasteiger partial charge >= 0.3 is 7.12 Å². The second-order valence-corrected chi connectivity index (χ2v) is 5.58. The lowest BCUT2D eigenvalue weighted by molar-refractivity contribution is 0.426. The van der Waals surface area contributed by atoms with Gasteiger partial charge in [0.2, 0.25) is 5.82 Å². The summed E-state index contributed by atoms with van der Waals surface area (Å²) >= 11 is 0. The van der Waals surface area contributed by atoms with Crippen molar-refractivity contribution in [2.45, 2.75) is 19.8 Å². The van der Waals surface area contributed by atoms with Gasteiger partial charge in [0, 0.05) is 5.56 Å². The van der Waals surface area contributed by atoms with Crippen molar-refractivity contribution in [2.75, 3.05) is 0 Å². The van der Waals surface area contributed by atoms with Crippen LogP contribution in [0, 0.1) is 0 Å². The van der Waals surface area contributed by atoms with Crippen LogP contribution in [0.5, 0.6) is 0 Å². The van der Waals surface area contributed by atoms with E-state index in [-0.39, 0.29) is 0 Å². The molecule has 0 atom stereocenters. The minimum Gasteiger partial charge on any atom is -0.423 e. The van der Waals surface area contributed by atoms with Crippen molar-refractivity contribution in [1.82, 2.24) is 20.2 Å². The first-order chi connectivity index (χ1) is 11.1. The lowest BCUT2D eigenvalue weighted by Gasteiger charge is -2.10. The van der Waals surface area contributed by atoms with Crippen LogP contribution in [0.3, 0.4) is 0 Å². The van der Waals surface area contributed by atoms with Crippen LogP contribution in [0.25, 0.3) is 17.1 Å². The predicted molar refractivity (Wildman–Crippen MR) is 88.5 cm³/mol. The van der Waals surface area contributed by atoms with Gasteiger partial charge in [-0.2, -0.15) is 0 Å². The van der Waals surface area contributed by atoms with Crippen LogP contribution >= 0.6 is 0 Å². The zero-order valence-electron chi connectivity index (χ0n) is 13.0. The molecule has 0 bridgehead atoms. The molecule has 0 spiro atoms. The topological polar surface area (TPSA) is 84.1 Å². The number of hydrogen-bond acceptors (Lipinski definition) is 5. The normalized spacial score (nSPS) is 11.0. The van der Waals surface area contributed by atoms with Gasteiger partial charge in [-0.3, -0.25) is 0 Å². The minimum absolute atomic E-state index is 0.326. The maximum atomic E-state index is 9.48. The molecule has 0 saturated heterocycles. The van der Waals surface area contributed by atoms with Gasteiger partial charge in [-0.15, -0.1) is 15.0 Å². The molecule has 0 aliphatic carbocycles. The van der Waals surface area contributed by atoms with Crippen LogP contribution in [0.1, 0.15) is 25.3 Å². The number of aromatic nitrogens is 4. The lowest BCUT2D eigenvalue weighted by Crippen LogP contribution is -2.31. The summed E-state index contributed by atoms with van der Waals surface area (Å²) < 4.78 is 0. The first-order valence-corrected chi connectivity index (χ1v) is 7.42. The van der Waals surface area contributed by atoms with Crippen LogP contribution in [-0.4, -0.2) is 37.4 Å². The Morgan fingerprint density at radius 1 is 1.00 bits per heavy atom. The first-order valence-electron chi connectivity index (χ1n) is 7.42. The average Bonchev–Trinajstić information content (AvgIpc) is 3.04. The molecule has 6 nitrogen and oxygen atoms in total. The van der Waals surface area contributed by atoms with Crippen molar-refractivity contribution >= 4 is 12.6 Å². The van der Waals surface area contributed by atoms with Crippen molar-refractivity contribution < 1.29 is 10.0 Å². The maximum absolute atomic E-state index is 9.48. The summed E-state index contributed by atoms with van der Waals surface area (Å²) in [5, 5.41) is 31.6. The van der Waals surface area contributed by atoms with Gasteiger partial charge in [-0.1, -0.05) is 56.3 Å². The fourth-order valence-electron chi connectivity index (χ4n) is 2.51. The van der Waals surface area contributed by atoms with Gasteiger partial charge in [0.25, 0.3) is 0 Å². The number of para-hydroxylation sites is 1. The zero-order valence-corrected chi connectivity index (χ0v) is 13.0. The molecule has 1 aromatic heterocycles. The van der Waals surface area contributed by atoms with E-state index in [1.807, 2.05) is 24.3 Å². The van der Waals surface area contributed by atoms with Gasteiger partial charge in [0.1, 0.15) is 0 Å². The van der Waals surface area contributed by atoms with Gasteiger partial charge in [-0.05, 0) is 28.2 Å². The Morgan fingerprint density at radius 3 is 2.43 bits per heavy atom. The number of nitrogens with zero attached hydrogens (tertiary/aromatic N) is 4. The summed E-state index contributed by atoms with van der Waals surface area (Å²) in [7, 11) is -1.58.